The predicted molar refractivity (Wildman–Crippen MR) is 95.5 cm³/mol. The van der Waals surface area contributed by atoms with Crippen LogP contribution in [0.1, 0.15) is 18.4 Å². The summed E-state index contributed by atoms with van der Waals surface area (Å²) in [6, 6.07) is 4.73. The molecule has 106 valence electrons. The predicted octanol–water partition coefficient (Wildman–Crippen LogP) is 3.13. The van der Waals surface area contributed by atoms with Gasteiger partial charge in [-0.25, -0.2) is 0 Å². The van der Waals surface area contributed by atoms with E-state index in [1.165, 1.54) is 29.5 Å². The van der Waals surface area contributed by atoms with Crippen LogP contribution < -0.4 is 0 Å². The Morgan fingerprint density at radius 2 is 1.95 bits per heavy atom. The summed E-state index contributed by atoms with van der Waals surface area (Å²) in [6.07, 6.45) is 2.43. The summed E-state index contributed by atoms with van der Waals surface area (Å²) in [5.41, 5.74) is 1.04. The van der Waals surface area contributed by atoms with Crippen molar-refractivity contribution < 1.29 is 5.11 Å². The molecule has 3 nitrogen and oxygen atoms in total. The Labute approximate surface area is 142 Å². The monoisotopic (exact) mass is 486 g/mol. The lowest BCUT2D eigenvalue weighted by Gasteiger charge is -2.35. The van der Waals surface area contributed by atoms with Crippen molar-refractivity contribution in [1.29, 1.82) is 0 Å². The van der Waals surface area contributed by atoms with Crippen LogP contribution in [0.5, 0.6) is 5.75 Å². The fourth-order valence-electron chi connectivity index (χ4n) is 2.57. The normalized spacial score (nSPS) is 18.2. The first-order valence-corrected chi connectivity index (χ1v) is 8.69. The van der Waals surface area contributed by atoms with Gasteiger partial charge in [0.05, 0.1) is 3.57 Å². The summed E-state index contributed by atoms with van der Waals surface area (Å²) < 4.78 is 2.13. The van der Waals surface area contributed by atoms with Crippen LogP contribution in [0.3, 0.4) is 0 Å². The highest BCUT2D eigenvalue weighted by atomic mass is 127. The van der Waals surface area contributed by atoms with Gasteiger partial charge in [0.15, 0.2) is 0 Å². The van der Waals surface area contributed by atoms with Gasteiger partial charge in [0, 0.05) is 21.7 Å². The smallest absolute Gasteiger partial charge is 0.133 e. The third-order valence-corrected chi connectivity index (χ3v) is 5.28. The number of hydrogen-bond acceptors (Lipinski definition) is 3. The van der Waals surface area contributed by atoms with Gasteiger partial charge in [0.2, 0.25) is 0 Å². The van der Waals surface area contributed by atoms with Gasteiger partial charge in [-0.1, -0.05) is 0 Å². The molecular weight excluding hydrogens is 466 g/mol. The molecule has 2 rings (SSSR count). The van der Waals surface area contributed by atoms with Crippen molar-refractivity contribution in [2.24, 2.45) is 0 Å². The third kappa shape index (κ3) is 4.18. The first-order valence-electron chi connectivity index (χ1n) is 6.53. The minimum atomic E-state index is 0.445. The number of phenols is 1. The van der Waals surface area contributed by atoms with Crippen LogP contribution in [0, 0.1) is 7.14 Å². The highest BCUT2D eigenvalue weighted by Crippen LogP contribution is 2.28. The van der Waals surface area contributed by atoms with E-state index >= 15 is 0 Å². The minimum Gasteiger partial charge on any atom is -0.507 e. The van der Waals surface area contributed by atoms with E-state index in [9.17, 15) is 5.11 Å². The lowest BCUT2D eigenvalue weighted by atomic mass is 10.0. The zero-order valence-electron chi connectivity index (χ0n) is 11.4. The third-order valence-electron chi connectivity index (χ3n) is 3.84. The molecule has 1 aromatic carbocycles. The van der Waals surface area contributed by atoms with Gasteiger partial charge >= 0.3 is 0 Å². The molecular formula is C14H20I2N2O. The number of likely N-dealkylation sites (tertiary alicyclic amines) is 1. The molecule has 1 fully saturated rings. The second kappa shape index (κ2) is 6.91. The van der Waals surface area contributed by atoms with Crippen molar-refractivity contribution in [2.75, 3.05) is 27.2 Å². The average molecular weight is 486 g/mol. The van der Waals surface area contributed by atoms with E-state index in [0.717, 1.165) is 15.7 Å². The molecule has 1 heterocycles. The molecule has 0 amide bonds. The SMILES string of the molecule is CN1CCC(N(C)Cc2cc(I)cc(I)c2O)CC1. The van der Waals surface area contributed by atoms with E-state index in [1.807, 2.05) is 6.07 Å². The Kier molecular flexibility index (Phi) is 5.74. The number of piperidine rings is 1. The van der Waals surface area contributed by atoms with Crippen molar-refractivity contribution in [3.8, 4) is 5.75 Å². The summed E-state index contributed by atoms with van der Waals surface area (Å²) in [5.74, 6) is 0.445. The second-order valence-electron chi connectivity index (χ2n) is 5.34. The summed E-state index contributed by atoms with van der Waals surface area (Å²) >= 11 is 4.51. The molecule has 19 heavy (non-hydrogen) atoms. The molecule has 1 aliphatic rings. The largest absolute Gasteiger partial charge is 0.507 e. The van der Waals surface area contributed by atoms with Crippen LogP contribution >= 0.6 is 45.2 Å². The first kappa shape index (κ1) is 15.8. The number of hydrogen-bond donors (Lipinski definition) is 1. The zero-order valence-corrected chi connectivity index (χ0v) is 15.7. The zero-order chi connectivity index (χ0) is 14.0. The van der Waals surface area contributed by atoms with Crippen LogP contribution in [0.25, 0.3) is 0 Å². The van der Waals surface area contributed by atoms with Crippen LogP contribution in [-0.2, 0) is 6.54 Å². The first-order chi connectivity index (χ1) is 8.97. The average Bonchev–Trinajstić information content (AvgIpc) is 2.36. The fraction of sp³-hybridized carbons (Fsp3) is 0.571. The standard InChI is InChI=1S/C14H20I2N2O/c1-17-5-3-12(4-6-17)18(2)9-10-7-11(15)8-13(16)14(10)19/h7-8,12,19H,3-6,9H2,1-2H3. The molecule has 1 saturated heterocycles. The number of rotatable bonds is 3. The highest BCUT2D eigenvalue weighted by molar-refractivity contribution is 14.1. The van der Waals surface area contributed by atoms with E-state index in [0.29, 0.717) is 11.8 Å². The van der Waals surface area contributed by atoms with Gasteiger partial charge in [0.25, 0.3) is 0 Å². The summed E-state index contributed by atoms with van der Waals surface area (Å²) in [7, 11) is 4.35. The van der Waals surface area contributed by atoms with Gasteiger partial charge in [-0.3, -0.25) is 4.90 Å². The Balaban J connectivity index is 2.04. The summed E-state index contributed by atoms with van der Waals surface area (Å²) in [5, 5.41) is 10.2. The van der Waals surface area contributed by atoms with Crippen LogP contribution in [0.15, 0.2) is 12.1 Å². The molecule has 0 atom stereocenters. The maximum absolute atomic E-state index is 10.2. The molecule has 0 aliphatic carbocycles. The molecule has 0 bridgehead atoms. The van der Waals surface area contributed by atoms with Gasteiger partial charge in [-0.15, -0.1) is 0 Å². The molecule has 1 aromatic rings. The van der Waals surface area contributed by atoms with Crippen molar-refractivity contribution in [3.63, 3.8) is 0 Å². The molecule has 5 heteroatoms. The number of nitrogens with zero attached hydrogens (tertiary/aromatic N) is 2. The van der Waals surface area contributed by atoms with E-state index in [-0.39, 0.29) is 0 Å². The maximum Gasteiger partial charge on any atom is 0.133 e. The van der Waals surface area contributed by atoms with E-state index < -0.39 is 0 Å². The molecule has 0 unspecified atom stereocenters. The molecule has 0 spiro atoms. The van der Waals surface area contributed by atoms with Gasteiger partial charge in [-0.05, 0) is 97.3 Å². The highest BCUT2D eigenvalue weighted by Gasteiger charge is 2.21. The number of phenolic OH excluding ortho intramolecular Hbond substituents is 1. The Morgan fingerprint density at radius 1 is 1.32 bits per heavy atom. The van der Waals surface area contributed by atoms with Crippen LogP contribution in [0.2, 0.25) is 0 Å². The number of aromatic hydroxyl groups is 1. The lowest BCUT2D eigenvalue weighted by Crippen LogP contribution is -2.41. The summed E-state index contributed by atoms with van der Waals surface area (Å²) in [4.78, 5) is 4.77. The van der Waals surface area contributed by atoms with Crippen molar-refractivity contribution >= 4 is 45.2 Å². The van der Waals surface area contributed by atoms with E-state index in [1.54, 1.807) is 0 Å². The number of benzene rings is 1. The van der Waals surface area contributed by atoms with Crippen LogP contribution in [-0.4, -0.2) is 48.1 Å². The number of halogens is 2. The van der Waals surface area contributed by atoms with Crippen molar-refractivity contribution in [2.45, 2.75) is 25.4 Å². The lowest BCUT2D eigenvalue weighted by molar-refractivity contribution is 0.138. The summed E-state index contributed by atoms with van der Waals surface area (Å²) in [6.45, 7) is 3.17. The Morgan fingerprint density at radius 3 is 2.58 bits per heavy atom. The van der Waals surface area contributed by atoms with Crippen molar-refractivity contribution in [1.82, 2.24) is 9.80 Å². The molecule has 1 aliphatic heterocycles. The van der Waals surface area contributed by atoms with E-state index in [2.05, 4.69) is 75.1 Å². The quantitative estimate of drug-likeness (QED) is 0.666. The Hall–Kier alpha value is 0.400. The fourth-order valence-corrected chi connectivity index (χ4v) is 4.54. The molecule has 1 N–H and O–H groups in total. The molecule has 0 aromatic heterocycles. The maximum atomic E-state index is 10.2. The molecule has 0 radical (unpaired) electrons. The minimum absolute atomic E-state index is 0.445. The van der Waals surface area contributed by atoms with Crippen molar-refractivity contribution in [3.05, 3.63) is 24.8 Å². The Bertz CT molecular complexity index is 445. The topological polar surface area (TPSA) is 26.7 Å². The van der Waals surface area contributed by atoms with Gasteiger partial charge in [-0.2, -0.15) is 0 Å². The van der Waals surface area contributed by atoms with E-state index in [4.69, 9.17) is 0 Å². The van der Waals surface area contributed by atoms with Gasteiger partial charge < -0.3 is 10.0 Å². The second-order valence-corrected chi connectivity index (χ2v) is 7.75. The van der Waals surface area contributed by atoms with Gasteiger partial charge in [0.1, 0.15) is 5.75 Å². The molecule has 0 saturated carbocycles. The van der Waals surface area contributed by atoms with Crippen LogP contribution in [0.4, 0.5) is 0 Å².